The molecule has 36 heavy (non-hydrogen) atoms. The summed E-state index contributed by atoms with van der Waals surface area (Å²) in [6.07, 6.45) is 2.52. The molecule has 0 bridgehead atoms. The van der Waals surface area contributed by atoms with Gasteiger partial charge in [-0.05, 0) is 63.6 Å². The number of benzene rings is 2. The number of hydrogen-bond acceptors (Lipinski definition) is 5. The minimum absolute atomic E-state index is 0.236. The predicted molar refractivity (Wildman–Crippen MR) is 146 cm³/mol. The lowest BCUT2D eigenvalue weighted by molar-refractivity contribution is 0.0378. The molecule has 1 aliphatic rings. The highest BCUT2D eigenvalue weighted by molar-refractivity contribution is 7.17. The second-order valence-corrected chi connectivity index (χ2v) is 11.0. The summed E-state index contributed by atoms with van der Waals surface area (Å²) in [5.41, 5.74) is 5.66. The van der Waals surface area contributed by atoms with Gasteiger partial charge in [-0.2, -0.15) is 0 Å². The Morgan fingerprint density at radius 1 is 1.11 bits per heavy atom. The van der Waals surface area contributed by atoms with Crippen molar-refractivity contribution in [2.75, 3.05) is 5.32 Å². The van der Waals surface area contributed by atoms with Crippen molar-refractivity contribution >= 4 is 39.1 Å². The van der Waals surface area contributed by atoms with Crippen LogP contribution in [0.1, 0.15) is 63.9 Å². The van der Waals surface area contributed by atoms with Crippen LogP contribution in [-0.2, 0) is 17.6 Å². The van der Waals surface area contributed by atoms with Gasteiger partial charge >= 0.3 is 5.97 Å². The topological polar surface area (TPSA) is 68.3 Å². The number of fused-ring (bicyclic) bond motifs is 2. The number of anilines is 1. The summed E-state index contributed by atoms with van der Waals surface area (Å²) in [5, 5.41) is 4.43. The Bertz CT molecular complexity index is 1450. The first-order valence-corrected chi connectivity index (χ1v) is 13.3. The molecule has 4 aromatic rings. The largest absolute Gasteiger partial charge is 0.459 e. The fourth-order valence-electron chi connectivity index (χ4n) is 4.73. The molecule has 184 valence electrons. The lowest BCUT2D eigenvalue weighted by atomic mass is 9.88. The molecule has 0 radical (unpaired) electrons. The zero-order valence-corrected chi connectivity index (χ0v) is 21.9. The van der Waals surface area contributed by atoms with Gasteiger partial charge in [0.15, 0.2) is 0 Å². The third-order valence-electron chi connectivity index (χ3n) is 6.59. The molecule has 0 saturated heterocycles. The molecule has 0 fully saturated rings. The molecule has 0 aliphatic heterocycles. The van der Waals surface area contributed by atoms with Crippen LogP contribution in [0.3, 0.4) is 0 Å². The number of rotatable bonds is 5. The van der Waals surface area contributed by atoms with Crippen LogP contribution in [0, 0.1) is 12.8 Å². The van der Waals surface area contributed by atoms with Crippen molar-refractivity contribution in [3.63, 3.8) is 0 Å². The van der Waals surface area contributed by atoms with Crippen LogP contribution in [0.5, 0.6) is 0 Å². The van der Waals surface area contributed by atoms with Crippen molar-refractivity contribution in [2.24, 2.45) is 5.92 Å². The van der Waals surface area contributed by atoms with E-state index in [0.717, 1.165) is 52.5 Å². The van der Waals surface area contributed by atoms with E-state index in [-0.39, 0.29) is 18.0 Å². The molecule has 2 aromatic carbocycles. The number of aromatic nitrogens is 1. The molecule has 1 N–H and O–H groups in total. The highest BCUT2D eigenvalue weighted by atomic mass is 32.1. The monoisotopic (exact) mass is 498 g/mol. The Labute approximate surface area is 215 Å². The molecule has 2 aromatic heterocycles. The Morgan fingerprint density at radius 2 is 1.86 bits per heavy atom. The van der Waals surface area contributed by atoms with Crippen molar-refractivity contribution in [3.05, 3.63) is 81.7 Å². The van der Waals surface area contributed by atoms with Gasteiger partial charge in [-0.1, -0.05) is 55.0 Å². The molecule has 2 heterocycles. The molecule has 5 nitrogen and oxygen atoms in total. The molecular formula is C30H30N2O3S. The molecule has 1 amide bonds. The van der Waals surface area contributed by atoms with Gasteiger partial charge in [-0.15, -0.1) is 11.3 Å². The van der Waals surface area contributed by atoms with Gasteiger partial charge in [-0.25, -0.2) is 9.78 Å². The van der Waals surface area contributed by atoms with Crippen LogP contribution in [0.2, 0.25) is 0 Å². The lowest BCUT2D eigenvalue weighted by Crippen LogP contribution is -2.19. The Balaban J connectivity index is 1.57. The summed E-state index contributed by atoms with van der Waals surface area (Å²) >= 11 is 1.50. The van der Waals surface area contributed by atoms with Crippen LogP contribution < -0.4 is 5.32 Å². The first-order valence-electron chi connectivity index (χ1n) is 12.4. The van der Waals surface area contributed by atoms with Gasteiger partial charge in [0.25, 0.3) is 5.91 Å². The van der Waals surface area contributed by atoms with Crippen molar-refractivity contribution in [1.29, 1.82) is 0 Å². The maximum Gasteiger partial charge on any atom is 0.341 e. The zero-order valence-electron chi connectivity index (χ0n) is 21.1. The number of pyridine rings is 1. The van der Waals surface area contributed by atoms with E-state index >= 15 is 0 Å². The summed E-state index contributed by atoms with van der Waals surface area (Å²) in [4.78, 5) is 32.8. The predicted octanol–water partition coefficient (Wildman–Crippen LogP) is 7.21. The van der Waals surface area contributed by atoms with Crippen LogP contribution >= 0.6 is 11.3 Å². The average molecular weight is 499 g/mol. The zero-order chi connectivity index (χ0) is 25.4. The van der Waals surface area contributed by atoms with E-state index < -0.39 is 0 Å². The second kappa shape index (κ2) is 9.86. The maximum absolute atomic E-state index is 13.8. The Morgan fingerprint density at radius 3 is 2.61 bits per heavy atom. The molecule has 1 aliphatic carbocycles. The molecule has 1 atom stereocenters. The normalized spacial score (nSPS) is 15.1. The molecule has 6 heteroatoms. The fourth-order valence-corrected chi connectivity index (χ4v) is 6.13. The number of nitrogens with zero attached hydrogens (tertiary/aromatic N) is 1. The van der Waals surface area contributed by atoms with Crippen LogP contribution in [0.15, 0.2) is 54.6 Å². The molecule has 5 rings (SSSR count). The molecule has 0 saturated carbocycles. The van der Waals surface area contributed by atoms with E-state index in [1.807, 2.05) is 75.4 Å². The van der Waals surface area contributed by atoms with Gasteiger partial charge in [0.1, 0.15) is 5.00 Å². The standard InChI is InChI=1S/C30H30N2O3S/c1-17(2)35-30(34)27-22-14-11-19(4)15-26(22)36-29(27)32-28(33)23-16-25(20-12-9-18(3)10-13-20)31-24-8-6-5-7-21(23)24/h5-10,12-13,16-17,19H,11,14-15H2,1-4H3,(H,32,33). The average Bonchev–Trinajstić information content (AvgIpc) is 3.20. The smallest absolute Gasteiger partial charge is 0.341 e. The number of ether oxygens (including phenoxy) is 1. The van der Waals surface area contributed by atoms with E-state index in [4.69, 9.17) is 9.72 Å². The van der Waals surface area contributed by atoms with E-state index in [2.05, 4.69) is 12.2 Å². The SMILES string of the molecule is Cc1ccc(-c2cc(C(=O)Nc3sc4c(c3C(=O)OC(C)C)CCC(C)C4)c3ccccc3n2)cc1. The van der Waals surface area contributed by atoms with Gasteiger partial charge in [0.2, 0.25) is 0 Å². The van der Waals surface area contributed by atoms with Gasteiger partial charge in [-0.3, -0.25) is 4.79 Å². The number of hydrogen-bond donors (Lipinski definition) is 1. The number of nitrogens with one attached hydrogen (secondary N) is 1. The Hall–Kier alpha value is -3.51. The number of amides is 1. The van der Waals surface area contributed by atoms with Crippen LogP contribution in [0.4, 0.5) is 5.00 Å². The first kappa shape index (κ1) is 24.2. The number of carbonyl (C=O) groups is 2. The van der Waals surface area contributed by atoms with Crippen LogP contribution in [0.25, 0.3) is 22.2 Å². The van der Waals surface area contributed by atoms with E-state index in [1.165, 1.54) is 16.2 Å². The van der Waals surface area contributed by atoms with Crippen molar-refractivity contribution in [1.82, 2.24) is 4.98 Å². The summed E-state index contributed by atoms with van der Waals surface area (Å²) in [5.74, 6) is -0.0747. The summed E-state index contributed by atoms with van der Waals surface area (Å²) in [7, 11) is 0. The van der Waals surface area contributed by atoms with Gasteiger partial charge in [0, 0.05) is 15.8 Å². The van der Waals surface area contributed by atoms with Crippen molar-refractivity contribution in [3.8, 4) is 11.3 Å². The quantitative estimate of drug-likeness (QED) is 0.295. The third kappa shape index (κ3) is 4.78. The summed E-state index contributed by atoms with van der Waals surface area (Å²) < 4.78 is 5.58. The number of aryl methyl sites for hydroxylation is 1. The first-order chi connectivity index (χ1) is 17.3. The number of thiophene rings is 1. The molecule has 1 unspecified atom stereocenters. The minimum atomic E-state index is -0.368. The Kier molecular flexibility index (Phi) is 6.63. The lowest BCUT2D eigenvalue weighted by Gasteiger charge is -2.19. The molecule has 0 spiro atoms. The highest BCUT2D eigenvalue weighted by Gasteiger charge is 2.30. The molecular weight excluding hydrogens is 468 g/mol. The maximum atomic E-state index is 13.8. The minimum Gasteiger partial charge on any atom is -0.459 e. The number of para-hydroxylation sites is 1. The van der Waals surface area contributed by atoms with E-state index in [1.54, 1.807) is 0 Å². The second-order valence-electron chi connectivity index (χ2n) is 9.90. The van der Waals surface area contributed by atoms with E-state index in [0.29, 0.717) is 22.0 Å². The van der Waals surface area contributed by atoms with Gasteiger partial charge < -0.3 is 10.1 Å². The number of carbonyl (C=O) groups excluding carboxylic acids is 2. The number of esters is 1. The van der Waals surface area contributed by atoms with Crippen LogP contribution in [-0.4, -0.2) is 23.0 Å². The van der Waals surface area contributed by atoms with E-state index in [9.17, 15) is 9.59 Å². The highest BCUT2D eigenvalue weighted by Crippen LogP contribution is 2.40. The summed E-state index contributed by atoms with van der Waals surface area (Å²) in [6.45, 7) is 7.95. The van der Waals surface area contributed by atoms with Crippen molar-refractivity contribution in [2.45, 2.75) is 53.1 Å². The van der Waals surface area contributed by atoms with Crippen molar-refractivity contribution < 1.29 is 14.3 Å². The summed E-state index contributed by atoms with van der Waals surface area (Å²) in [6, 6.07) is 17.6. The van der Waals surface area contributed by atoms with Gasteiger partial charge in [0.05, 0.1) is 28.4 Å². The fraction of sp³-hybridized carbons (Fsp3) is 0.300. The third-order valence-corrected chi connectivity index (χ3v) is 7.76.